The first-order valence-corrected chi connectivity index (χ1v) is 9.15. The van der Waals surface area contributed by atoms with Crippen LogP contribution in [0, 0.1) is 6.92 Å². The van der Waals surface area contributed by atoms with Gasteiger partial charge in [0.2, 0.25) is 0 Å². The van der Waals surface area contributed by atoms with Crippen molar-refractivity contribution in [2.75, 3.05) is 5.32 Å². The number of halogens is 1. The molecule has 0 fully saturated rings. The molecule has 0 saturated heterocycles. The van der Waals surface area contributed by atoms with Gasteiger partial charge >= 0.3 is 0 Å². The molecule has 0 spiro atoms. The second-order valence-corrected chi connectivity index (χ2v) is 6.72. The number of aryl methyl sites for hydroxylation is 1. The molecule has 0 aliphatic rings. The number of carbonyl (C=O) groups is 3. The minimum atomic E-state index is -0.558. The summed E-state index contributed by atoms with van der Waals surface area (Å²) in [4.78, 5) is 37.1. The molecule has 0 aliphatic carbocycles. The Morgan fingerprint density at radius 3 is 1.93 bits per heavy atom. The van der Waals surface area contributed by atoms with E-state index in [4.69, 9.17) is 11.6 Å². The average Bonchev–Trinajstić information content (AvgIpc) is 2.73. The van der Waals surface area contributed by atoms with E-state index in [1.54, 1.807) is 72.8 Å². The summed E-state index contributed by atoms with van der Waals surface area (Å²) < 4.78 is 0. The minimum Gasteiger partial charge on any atom is -0.321 e. The molecule has 6 nitrogen and oxygen atoms in total. The van der Waals surface area contributed by atoms with Gasteiger partial charge in [0.05, 0.1) is 11.3 Å². The number of benzene rings is 3. The number of amides is 3. The van der Waals surface area contributed by atoms with Crippen LogP contribution < -0.4 is 16.2 Å². The summed E-state index contributed by atoms with van der Waals surface area (Å²) in [5, 5.41) is 3.22. The van der Waals surface area contributed by atoms with Crippen LogP contribution in [0.4, 0.5) is 5.69 Å². The monoisotopic (exact) mass is 407 g/mol. The van der Waals surface area contributed by atoms with Crippen LogP contribution in [0.5, 0.6) is 0 Å². The lowest BCUT2D eigenvalue weighted by Gasteiger charge is -2.12. The predicted molar refractivity (Wildman–Crippen MR) is 112 cm³/mol. The number of para-hydroxylation sites is 1. The van der Waals surface area contributed by atoms with Gasteiger partial charge in [-0.25, -0.2) is 0 Å². The number of nitrogens with one attached hydrogen (secondary N) is 3. The molecule has 0 atom stereocenters. The third-order valence-electron chi connectivity index (χ3n) is 4.13. The average molecular weight is 408 g/mol. The maximum absolute atomic E-state index is 12.5. The first kappa shape index (κ1) is 20.1. The largest absolute Gasteiger partial charge is 0.321 e. The van der Waals surface area contributed by atoms with Crippen LogP contribution >= 0.6 is 11.6 Å². The van der Waals surface area contributed by atoms with E-state index < -0.39 is 11.8 Å². The van der Waals surface area contributed by atoms with Gasteiger partial charge in [-0.15, -0.1) is 0 Å². The fraction of sp³-hybridized carbons (Fsp3) is 0.0455. The Morgan fingerprint density at radius 1 is 0.690 bits per heavy atom. The Morgan fingerprint density at radius 2 is 1.24 bits per heavy atom. The predicted octanol–water partition coefficient (Wildman–Crippen LogP) is 3.98. The molecule has 29 heavy (non-hydrogen) atoms. The highest BCUT2D eigenvalue weighted by molar-refractivity contribution is 6.30. The van der Waals surface area contributed by atoms with Gasteiger partial charge in [-0.05, 0) is 55.5 Å². The van der Waals surface area contributed by atoms with Crippen molar-refractivity contribution in [1.82, 2.24) is 10.9 Å². The number of rotatable bonds is 4. The van der Waals surface area contributed by atoms with Crippen molar-refractivity contribution in [3.63, 3.8) is 0 Å². The number of hydrogen-bond donors (Lipinski definition) is 3. The lowest BCUT2D eigenvalue weighted by Crippen LogP contribution is -2.41. The summed E-state index contributed by atoms with van der Waals surface area (Å²) >= 11 is 5.84. The number of hydrogen-bond acceptors (Lipinski definition) is 3. The summed E-state index contributed by atoms with van der Waals surface area (Å²) in [5.74, 6) is -1.39. The Bertz CT molecular complexity index is 1050. The maximum Gasteiger partial charge on any atom is 0.271 e. The highest BCUT2D eigenvalue weighted by atomic mass is 35.5. The third-order valence-corrected chi connectivity index (χ3v) is 4.38. The van der Waals surface area contributed by atoms with Crippen LogP contribution in [-0.2, 0) is 0 Å². The molecule has 3 aromatic carbocycles. The molecule has 0 bridgehead atoms. The van der Waals surface area contributed by atoms with Gasteiger partial charge in [0.15, 0.2) is 0 Å². The van der Waals surface area contributed by atoms with E-state index in [0.717, 1.165) is 5.56 Å². The van der Waals surface area contributed by atoms with Crippen molar-refractivity contribution >= 4 is 35.0 Å². The number of hydrazine groups is 1. The molecule has 3 aromatic rings. The van der Waals surface area contributed by atoms with Crippen LogP contribution in [0.25, 0.3) is 0 Å². The van der Waals surface area contributed by atoms with Gasteiger partial charge in [-0.2, -0.15) is 0 Å². The van der Waals surface area contributed by atoms with E-state index in [1.807, 2.05) is 6.92 Å². The smallest absolute Gasteiger partial charge is 0.271 e. The minimum absolute atomic E-state index is 0.207. The summed E-state index contributed by atoms with van der Waals surface area (Å²) in [6.07, 6.45) is 0. The van der Waals surface area contributed by atoms with Gasteiger partial charge in [-0.3, -0.25) is 25.2 Å². The van der Waals surface area contributed by atoms with Gasteiger partial charge < -0.3 is 5.32 Å². The fourth-order valence-corrected chi connectivity index (χ4v) is 2.67. The standard InChI is InChI=1S/C22H18ClN3O3/c1-14-6-8-16(9-7-14)21(28)25-26-22(29)18-4-2-3-5-19(18)24-20(27)15-10-12-17(23)13-11-15/h2-13H,1H3,(H,24,27)(H,25,28)(H,26,29). The zero-order valence-electron chi connectivity index (χ0n) is 15.5. The first-order chi connectivity index (χ1) is 13.9. The molecular formula is C22H18ClN3O3. The molecule has 0 heterocycles. The molecule has 0 unspecified atom stereocenters. The van der Waals surface area contributed by atoms with E-state index in [0.29, 0.717) is 21.8 Å². The van der Waals surface area contributed by atoms with Crippen LogP contribution in [0.15, 0.2) is 72.8 Å². The third kappa shape index (κ3) is 5.21. The molecule has 146 valence electrons. The van der Waals surface area contributed by atoms with Crippen molar-refractivity contribution < 1.29 is 14.4 Å². The Hall–Kier alpha value is -3.64. The zero-order valence-corrected chi connectivity index (χ0v) is 16.3. The molecule has 7 heteroatoms. The van der Waals surface area contributed by atoms with E-state index in [2.05, 4.69) is 16.2 Å². The van der Waals surface area contributed by atoms with Crippen molar-refractivity contribution in [3.05, 3.63) is 100 Å². The molecule has 3 rings (SSSR count). The second-order valence-electron chi connectivity index (χ2n) is 6.28. The molecule has 0 radical (unpaired) electrons. The fourth-order valence-electron chi connectivity index (χ4n) is 2.54. The lowest BCUT2D eigenvalue weighted by molar-refractivity contribution is 0.0847. The van der Waals surface area contributed by atoms with E-state index in [9.17, 15) is 14.4 Å². The van der Waals surface area contributed by atoms with E-state index >= 15 is 0 Å². The van der Waals surface area contributed by atoms with Crippen LogP contribution in [-0.4, -0.2) is 17.7 Å². The maximum atomic E-state index is 12.5. The van der Waals surface area contributed by atoms with Crippen molar-refractivity contribution in [2.45, 2.75) is 6.92 Å². The van der Waals surface area contributed by atoms with Gasteiger partial charge in [0.25, 0.3) is 17.7 Å². The second kappa shape index (κ2) is 9.03. The zero-order chi connectivity index (χ0) is 20.8. The Kier molecular flexibility index (Phi) is 6.26. The summed E-state index contributed by atoms with van der Waals surface area (Å²) in [7, 11) is 0. The van der Waals surface area contributed by atoms with Crippen molar-refractivity contribution in [1.29, 1.82) is 0 Å². The highest BCUT2D eigenvalue weighted by Crippen LogP contribution is 2.17. The van der Waals surface area contributed by atoms with E-state index in [-0.39, 0.29) is 11.5 Å². The Balaban J connectivity index is 1.68. The molecule has 0 aromatic heterocycles. The topological polar surface area (TPSA) is 87.3 Å². The highest BCUT2D eigenvalue weighted by Gasteiger charge is 2.15. The molecule has 0 saturated carbocycles. The summed E-state index contributed by atoms with van der Waals surface area (Å²) in [5.41, 5.74) is 7.10. The van der Waals surface area contributed by atoms with Crippen LogP contribution in [0.1, 0.15) is 36.6 Å². The summed E-state index contributed by atoms with van der Waals surface area (Å²) in [6.45, 7) is 1.92. The molecule has 3 N–H and O–H groups in total. The van der Waals surface area contributed by atoms with Crippen LogP contribution in [0.3, 0.4) is 0 Å². The normalized spacial score (nSPS) is 10.1. The molecule has 3 amide bonds. The quantitative estimate of drug-likeness (QED) is 0.572. The molecular weight excluding hydrogens is 390 g/mol. The van der Waals surface area contributed by atoms with Gasteiger partial charge in [0, 0.05) is 16.1 Å². The van der Waals surface area contributed by atoms with Crippen molar-refractivity contribution in [2.24, 2.45) is 0 Å². The Labute approximate surface area is 172 Å². The van der Waals surface area contributed by atoms with Gasteiger partial charge in [-0.1, -0.05) is 41.4 Å². The SMILES string of the molecule is Cc1ccc(C(=O)NNC(=O)c2ccccc2NC(=O)c2ccc(Cl)cc2)cc1. The van der Waals surface area contributed by atoms with Crippen molar-refractivity contribution in [3.8, 4) is 0 Å². The first-order valence-electron chi connectivity index (χ1n) is 8.77. The lowest BCUT2D eigenvalue weighted by atomic mass is 10.1. The summed E-state index contributed by atoms with van der Waals surface area (Å²) in [6, 6.07) is 19.8. The number of anilines is 1. The molecule has 0 aliphatic heterocycles. The van der Waals surface area contributed by atoms with E-state index in [1.165, 1.54) is 0 Å². The van der Waals surface area contributed by atoms with Crippen LogP contribution in [0.2, 0.25) is 5.02 Å². The number of carbonyl (C=O) groups excluding carboxylic acids is 3. The van der Waals surface area contributed by atoms with Gasteiger partial charge in [0.1, 0.15) is 0 Å².